The van der Waals surface area contributed by atoms with Gasteiger partial charge in [0.2, 0.25) is 0 Å². The van der Waals surface area contributed by atoms with Crippen LogP contribution in [0.4, 0.5) is 0 Å². The Labute approximate surface area is 236 Å². The Hall–Kier alpha value is -1.44. The van der Waals surface area contributed by atoms with Gasteiger partial charge in [0.15, 0.2) is 0 Å². The van der Waals surface area contributed by atoms with E-state index in [2.05, 4.69) is 57.8 Å². The monoisotopic (exact) mass is 542 g/mol. The van der Waals surface area contributed by atoms with E-state index in [4.69, 9.17) is 16.6 Å². The summed E-state index contributed by atoms with van der Waals surface area (Å²) < 4.78 is 0. The normalized spacial score (nSPS) is 24.1. The van der Waals surface area contributed by atoms with Crippen LogP contribution in [0.2, 0.25) is 0 Å². The number of hydrogen-bond donors (Lipinski definition) is 5. The summed E-state index contributed by atoms with van der Waals surface area (Å²) in [6.45, 7) is 7.79. The van der Waals surface area contributed by atoms with E-state index in [1.807, 2.05) is 6.08 Å². The molecule has 1 aromatic carbocycles. The second-order valence-corrected chi connectivity index (χ2v) is 12.1. The van der Waals surface area contributed by atoms with Crippen molar-refractivity contribution in [1.29, 1.82) is 0 Å². The van der Waals surface area contributed by atoms with Crippen LogP contribution in [0, 0.1) is 0 Å². The second-order valence-electron chi connectivity index (χ2n) is 11.6. The molecular weight excluding hydrogens is 492 g/mol. The molecular formula is C31H51ClN6. The van der Waals surface area contributed by atoms with Crippen molar-refractivity contribution >= 4 is 17.4 Å². The molecule has 1 aliphatic heterocycles. The van der Waals surface area contributed by atoms with E-state index in [9.17, 15) is 0 Å². The number of hydrogen-bond acceptors (Lipinski definition) is 5. The topological polar surface area (TPSA) is 72.5 Å². The summed E-state index contributed by atoms with van der Waals surface area (Å²) in [6, 6.07) is 10.3. The van der Waals surface area contributed by atoms with E-state index in [0.29, 0.717) is 6.54 Å². The zero-order chi connectivity index (χ0) is 26.5. The van der Waals surface area contributed by atoms with Crippen molar-refractivity contribution in [3.8, 4) is 0 Å². The minimum absolute atomic E-state index is 0.438. The summed E-state index contributed by atoms with van der Waals surface area (Å²) in [5, 5.41) is 18.9. The number of benzene rings is 1. The Morgan fingerprint density at radius 3 is 2.03 bits per heavy atom. The van der Waals surface area contributed by atoms with E-state index in [1.54, 1.807) is 0 Å². The molecule has 1 atom stereocenters. The Morgan fingerprint density at radius 2 is 1.39 bits per heavy atom. The molecule has 38 heavy (non-hydrogen) atoms. The average Bonchev–Trinajstić information content (AvgIpc) is 3.24. The molecule has 3 aliphatic rings. The number of nitrogens with one attached hydrogen (secondary N) is 5. The van der Waals surface area contributed by atoms with E-state index < -0.39 is 5.66 Å². The third kappa shape index (κ3) is 9.95. The molecule has 2 saturated carbocycles. The Morgan fingerprint density at radius 1 is 0.816 bits per heavy atom. The van der Waals surface area contributed by atoms with Gasteiger partial charge in [-0.05, 0) is 88.8 Å². The van der Waals surface area contributed by atoms with Gasteiger partial charge in [0.05, 0.1) is 11.6 Å². The zero-order valence-electron chi connectivity index (χ0n) is 23.6. The Balaban J connectivity index is 1.09. The molecule has 0 spiro atoms. The fraction of sp³-hybridized carbons (Fsp3) is 0.710. The fourth-order valence-corrected chi connectivity index (χ4v) is 6.09. The zero-order valence-corrected chi connectivity index (χ0v) is 24.4. The van der Waals surface area contributed by atoms with Gasteiger partial charge < -0.3 is 21.3 Å². The van der Waals surface area contributed by atoms with Gasteiger partial charge in [-0.3, -0.25) is 10.3 Å². The van der Waals surface area contributed by atoms with Gasteiger partial charge in [0, 0.05) is 18.6 Å². The smallest absolute Gasteiger partial charge is 0.124 e. The molecule has 6 nitrogen and oxygen atoms in total. The molecule has 1 aromatic rings. The number of nitrogens with zero attached hydrogens (tertiary/aromatic N) is 1. The van der Waals surface area contributed by atoms with Crippen molar-refractivity contribution in [3.05, 3.63) is 46.5 Å². The maximum Gasteiger partial charge on any atom is 0.124 e. The molecule has 0 aromatic heterocycles. The summed E-state index contributed by atoms with van der Waals surface area (Å²) in [4.78, 5) is 4.78. The van der Waals surface area contributed by atoms with Gasteiger partial charge in [-0.2, -0.15) is 0 Å². The van der Waals surface area contributed by atoms with Crippen LogP contribution in [-0.4, -0.2) is 49.8 Å². The minimum atomic E-state index is -0.438. The molecule has 1 heterocycles. The maximum absolute atomic E-state index is 6.60. The first-order valence-corrected chi connectivity index (χ1v) is 15.7. The van der Waals surface area contributed by atoms with Crippen LogP contribution in [0.3, 0.4) is 0 Å². The first kappa shape index (κ1) is 29.5. The summed E-state index contributed by atoms with van der Waals surface area (Å²) in [5.41, 5.74) is 2.09. The van der Waals surface area contributed by atoms with E-state index in [0.717, 1.165) is 62.1 Å². The Kier molecular flexibility index (Phi) is 12.4. The predicted octanol–water partition coefficient (Wildman–Crippen LogP) is 5.33. The van der Waals surface area contributed by atoms with Crippen LogP contribution < -0.4 is 26.6 Å². The molecule has 4 rings (SSSR count). The predicted molar refractivity (Wildman–Crippen MR) is 162 cm³/mol. The van der Waals surface area contributed by atoms with Crippen molar-refractivity contribution in [2.75, 3.05) is 26.2 Å². The number of aliphatic imine (C=N–C) groups is 1. The first-order chi connectivity index (χ1) is 18.6. The highest BCUT2D eigenvalue weighted by atomic mass is 35.5. The SMILES string of the molecule is CC1(NCCCNC2CCCCC2)NC(=NCc2ccc(CNCCCNC3CCCCC3)cc2)C=C1Cl. The number of amidine groups is 1. The lowest BCUT2D eigenvalue weighted by Gasteiger charge is -2.28. The van der Waals surface area contributed by atoms with Crippen LogP contribution in [-0.2, 0) is 13.1 Å². The Bertz CT molecular complexity index is 873. The number of rotatable bonds is 15. The van der Waals surface area contributed by atoms with Crippen molar-refractivity contribution in [2.24, 2.45) is 4.99 Å². The molecule has 2 aliphatic carbocycles. The number of halogens is 1. The van der Waals surface area contributed by atoms with Gasteiger partial charge in [-0.25, -0.2) is 0 Å². The fourth-order valence-electron chi connectivity index (χ4n) is 5.87. The molecule has 0 radical (unpaired) electrons. The molecule has 1 unspecified atom stereocenters. The van der Waals surface area contributed by atoms with Gasteiger partial charge in [0.25, 0.3) is 0 Å². The van der Waals surface area contributed by atoms with Crippen molar-refractivity contribution < 1.29 is 0 Å². The molecule has 7 heteroatoms. The van der Waals surface area contributed by atoms with Crippen molar-refractivity contribution in [1.82, 2.24) is 26.6 Å². The highest BCUT2D eigenvalue weighted by Gasteiger charge is 2.33. The molecule has 5 N–H and O–H groups in total. The second kappa shape index (κ2) is 16.0. The van der Waals surface area contributed by atoms with Gasteiger partial charge >= 0.3 is 0 Å². The highest BCUT2D eigenvalue weighted by Crippen LogP contribution is 2.24. The van der Waals surface area contributed by atoms with E-state index in [-0.39, 0.29) is 0 Å². The molecule has 0 saturated heterocycles. The third-order valence-corrected chi connectivity index (χ3v) is 8.83. The van der Waals surface area contributed by atoms with Gasteiger partial charge in [-0.15, -0.1) is 0 Å². The quantitative estimate of drug-likeness (QED) is 0.194. The van der Waals surface area contributed by atoms with Crippen LogP contribution in [0.15, 0.2) is 40.4 Å². The average molecular weight is 543 g/mol. The highest BCUT2D eigenvalue weighted by molar-refractivity contribution is 6.33. The third-order valence-electron chi connectivity index (χ3n) is 8.34. The standard InChI is InChI=1S/C31H51ClN6/c1-31(37-21-9-20-35-28-12-6-3-7-13-28)29(32)22-30(38-31)36-24-26-16-14-25(15-17-26)23-33-18-8-19-34-27-10-4-2-5-11-27/h14-17,22,27-28,33-35,37H,2-13,18-21,23-24H2,1H3,(H,36,38). The molecule has 212 valence electrons. The van der Waals surface area contributed by atoms with Crippen LogP contribution in [0.5, 0.6) is 0 Å². The summed E-state index contributed by atoms with van der Waals surface area (Å²) in [5.74, 6) is 0.845. The van der Waals surface area contributed by atoms with Crippen LogP contribution in [0.25, 0.3) is 0 Å². The minimum Gasteiger partial charge on any atom is -0.348 e. The largest absolute Gasteiger partial charge is 0.348 e. The maximum atomic E-state index is 6.60. The van der Waals surface area contributed by atoms with Gasteiger partial charge in [-0.1, -0.05) is 74.4 Å². The molecule has 0 bridgehead atoms. The van der Waals surface area contributed by atoms with Crippen LogP contribution >= 0.6 is 11.6 Å². The summed E-state index contributed by atoms with van der Waals surface area (Å²) >= 11 is 6.60. The van der Waals surface area contributed by atoms with E-state index in [1.165, 1.54) is 81.8 Å². The lowest BCUT2D eigenvalue weighted by atomic mass is 9.95. The van der Waals surface area contributed by atoms with Crippen molar-refractivity contribution in [3.63, 3.8) is 0 Å². The first-order valence-electron chi connectivity index (χ1n) is 15.3. The van der Waals surface area contributed by atoms with Crippen molar-refractivity contribution in [2.45, 2.75) is 115 Å². The summed E-state index contributed by atoms with van der Waals surface area (Å²) in [6.07, 6.45) is 18.0. The summed E-state index contributed by atoms with van der Waals surface area (Å²) in [7, 11) is 0. The van der Waals surface area contributed by atoms with Gasteiger partial charge in [0.1, 0.15) is 11.5 Å². The lowest BCUT2D eigenvalue weighted by Crippen LogP contribution is -2.53. The van der Waals surface area contributed by atoms with Crippen LogP contribution in [0.1, 0.15) is 95.1 Å². The molecule has 0 amide bonds. The van der Waals surface area contributed by atoms with E-state index >= 15 is 0 Å². The molecule has 2 fully saturated rings. The lowest BCUT2D eigenvalue weighted by molar-refractivity contribution is 0.360.